The minimum Gasteiger partial charge on any atom is -0.477 e. The summed E-state index contributed by atoms with van der Waals surface area (Å²) in [4.78, 5) is 7.54. The summed E-state index contributed by atoms with van der Waals surface area (Å²) >= 11 is 0. The van der Waals surface area contributed by atoms with Crippen LogP contribution in [0.3, 0.4) is 0 Å². The zero-order chi connectivity index (χ0) is 13.7. The SMILES string of the molecule is FC(F)(F)c1ccccc1CCOc1ccncn1. The monoisotopic (exact) mass is 268 g/mol. The van der Waals surface area contributed by atoms with Crippen LogP contribution in [-0.4, -0.2) is 16.6 Å². The van der Waals surface area contributed by atoms with Gasteiger partial charge in [-0.2, -0.15) is 13.2 Å². The first kappa shape index (κ1) is 13.3. The van der Waals surface area contributed by atoms with Crippen LogP contribution in [0.5, 0.6) is 5.88 Å². The number of rotatable bonds is 4. The van der Waals surface area contributed by atoms with Gasteiger partial charge in [-0.15, -0.1) is 0 Å². The molecule has 1 aromatic heterocycles. The first-order chi connectivity index (χ1) is 9.07. The molecule has 0 spiro atoms. The van der Waals surface area contributed by atoms with Crippen molar-refractivity contribution in [3.63, 3.8) is 0 Å². The van der Waals surface area contributed by atoms with Gasteiger partial charge in [0.15, 0.2) is 0 Å². The molecular formula is C13H11F3N2O. The molecule has 3 nitrogen and oxygen atoms in total. The van der Waals surface area contributed by atoms with Crippen LogP contribution in [0.25, 0.3) is 0 Å². The number of benzene rings is 1. The van der Waals surface area contributed by atoms with E-state index in [9.17, 15) is 13.2 Å². The highest BCUT2D eigenvalue weighted by Crippen LogP contribution is 2.31. The number of hydrogen-bond acceptors (Lipinski definition) is 3. The third-order valence-corrected chi connectivity index (χ3v) is 2.50. The van der Waals surface area contributed by atoms with E-state index in [-0.39, 0.29) is 18.6 Å². The molecule has 0 aliphatic rings. The van der Waals surface area contributed by atoms with Crippen molar-refractivity contribution in [1.29, 1.82) is 0 Å². The Bertz CT molecular complexity index is 529. The lowest BCUT2D eigenvalue weighted by atomic mass is 10.0. The van der Waals surface area contributed by atoms with E-state index in [2.05, 4.69) is 9.97 Å². The molecule has 0 bridgehead atoms. The zero-order valence-electron chi connectivity index (χ0n) is 9.89. The molecule has 0 aliphatic carbocycles. The van der Waals surface area contributed by atoms with Crippen molar-refractivity contribution in [1.82, 2.24) is 9.97 Å². The predicted octanol–water partition coefficient (Wildman–Crippen LogP) is 3.12. The van der Waals surface area contributed by atoms with Crippen molar-refractivity contribution in [3.05, 3.63) is 54.0 Å². The van der Waals surface area contributed by atoms with E-state index in [1.807, 2.05) is 0 Å². The van der Waals surface area contributed by atoms with E-state index in [1.54, 1.807) is 12.1 Å². The molecule has 19 heavy (non-hydrogen) atoms. The van der Waals surface area contributed by atoms with Crippen LogP contribution in [0, 0.1) is 0 Å². The maximum Gasteiger partial charge on any atom is 0.416 e. The number of halogens is 3. The highest BCUT2D eigenvalue weighted by Gasteiger charge is 2.32. The van der Waals surface area contributed by atoms with Gasteiger partial charge in [-0.1, -0.05) is 18.2 Å². The number of aromatic nitrogens is 2. The molecular weight excluding hydrogens is 257 g/mol. The Hall–Kier alpha value is -2.11. The largest absolute Gasteiger partial charge is 0.477 e. The summed E-state index contributed by atoms with van der Waals surface area (Å²) < 4.78 is 43.5. The van der Waals surface area contributed by atoms with Crippen molar-refractivity contribution < 1.29 is 17.9 Å². The van der Waals surface area contributed by atoms with Gasteiger partial charge in [-0.25, -0.2) is 9.97 Å². The van der Waals surface area contributed by atoms with Crippen molar-refractivity contribution in [2.75, 3.05) is 6.61 Å². The van der Waals surface area contributed by atoms with Crippen LogP contribution in [0.1, 0.15) is 11.1 Å². The van der Waals surface area contributed by atoms with Gasteiger partial charge in [0.25, 0.3) is 0 Å². The summed E-state index contributed by atoms with van der Waals surface area (Å²) in [7, 11) is 0. The summed E-state index contributed by atoms with van der Waals surface area (Å²) in [6.07, 6.45) is -1.35. The van der Waals surface area contributed by atoms with Crippen LogP contribution in [0.4, 0.5) is 13.2 Å². The second-order valence-electron chi connectivity index (χ2n) is 3.80. The Morgan fingerprint density at radius 1 is 1.11 bits per heavy atom. The first-order valence-electron chi connectivity index (χ1n) is 5.61. The molecule has 0 N–H and O–H groups in total. The third-order valence-electron chi connectivity index (χ3n) is 2.50. The standard InChI is InChI=1S/C13H11F3N2O/c14-13(15,16)11-4-2-1-3-10(11)6-8-19-12-5-7-17-9-18-12/h1-5,7,9H,6,8H2. The summed E-state index contributed by atoms with van der Waals surface area (Å²) in [6.45, 7) is 0.129. The number of hydrogen-bond donors (Lipinski definition) is 0. The van der Waals surface area contributed by atoms with Gasteiger partial charge in [-0.05, 0) is 11.6 Å². The van der Waals surface area contributed by atoms with Crippen LogP contribution >= 0.6 is 0 Å². The van der Waals surface area contributed by atoms with Crippen LogP contribution in [0.15, 0.2) is 42.9 Å². The van der Waals surface area contributed by atoms with E-state index in [0.29, 0.717) is 5.88 Å². The van der Waals surface area contributed by atoms with Crippen molar-refractivity contribution in [2.45, 2.75) is 12.6 Å². The van der Waals surface area contributed by atoms with Crippen molar-refractivity contribution >= 4 is 0 Å². The number of nitrogens with zero attached hydrogens (tertiary/aromatic N) is 2. The topological polar surface area (TPSA) is 35.0 Å². The Morgan fingerprint density at radius 2 is 1.89 bits per heavy atom. The van der Waals surface area contributed by atoms with E-state index >= 15 is 0 Å². The number of alkyl halides is 3. The molecule has 0 fully saturated rings. The average Bonchev–Trinajstić information content (AvgIpc) is 2.39. The zero-order valence-corrected chi connectivity index (χ0v) is 9.89. The lowest BCUT2D eigenvalue weighted by molar-refractivity contribution is -0.138. The normalized spacial score (nSPS) is 11.3. The summed E-state index contributed by atoms with van der Waals surface area (Å²) in [5, 5.41) is 0. The Labute approximate surface area is 108 Å². The molecule has 0 atom stereocenters. The van der Waals surface area contributed by atoms with Gasteiger partial charge in [0.1, 0.15) is 6.33 Å². The minimum absolute atomic E-state index is 0.129. The molecule has 2 aromatic rings. The molecule has 0 saturated carbocycles. The second-order valence-corrected chi connectivity index (χ2v) is 3.80. The Balaban J connectivity index is 2.00. The molecule has 2 rings (SSSR count). The molecule has 0 unspecified atom stereocenters. The summed E-state index contributed by atoms with van der Waals surface area (Å²) in [5.41, 5.74) is -0.412. The van der Waals surface area contributed by atoms with Crippen LogP contribution in [-0.2, 0) is 12.6 Å². The van der Waals surface area contributed by atoms with Gasteiger partial charge in [-0.3, -0.25) is 0 Å². The second kappa shape index (κ2) is 5.69. The van der Waals surface area contributed by atoms with E-state index in [4.69, 9.17) is 4.74 Å². The fourth-order valence-electron chi connectivity index (χ4n) is 1.64. The maximum atomic E-state index is 12.7. The Kier molecular flexibility index (Phi) is 3.99. The van der Waals surface area contributed by atoms with Gasteiger partial charge in [0.05, 0.1) is 12.2 Å². The van der Waals surface area contributed by atoms with Crippen molar-refractivity contribution in [2.24, 2.45) is 0 Å². The quantitative estimate of drug-likeness (QED) is 0.854. The highest BCUT2D eigenvalue weighted by molar-refractivity contribution is 5.29. The molecule has 0 saturated heterocycles. The molecule has 1 aromatic carbocycles. The van der Waals surface area contributed by atoms with Crippen LogP contribution < -0.4 is 4.74 Å². The molecule has 1 heterocycles. The predicted molar refractivity (Wildman–Crippen MR) is 62.7 cm³/mol. The minimum atomic E-state index is -4.34. The fourth-order valence-corrected chi connectivity index (χ4v) is 1.64. The molecule has 0 amide bonds. The smallest absolute Gasteiger partial charge is 0.416 e. The molecule has 0 radical (unpaired) electrons. The average molecular weight is 268 g/mol. The van der Waals surface area contributed by atoms with E-state index in [0.717, 1.165) is 6.07 Å². The first-order valence-corrected chi connectivity index (χ1v) is 5.61. The highest BCUT2D eigenvalue weighted by atomic mass is 19.4. The summed E-state index contributed by atoms with van der Waals surface area (Å²) in [5.74, 6) is 0.347. The lowest BCUT2D eigenvalue weighted by Crippen LogP contribution is -2.11. The van der Waals surface area contributed by atoms with Gasteiger partial charge >= 0.3 is 6.18 Å². The third kappa shape index (κ3) is 3.67. The Morgan fingerprint density at radius 3 is 2.58 bits per heavy atom. The molecule has 6 heteroatoms. The maximum absolute atomic E-state index is 12.7. The fraction of sp³-hybridized carbons (Fsp3) is 0.231. The van der Waals surface area contributed by atoms with Gasteiger partial charge in [0.2, 0.25) is 5.88 Å². The van der Waals surface area contributed by atoms with Gasteiger partial charge < -0.3 is 4.74 Å². The van der Waals surface area contributed by atoms with Crippen molar-refractivity contribution in [3.8, 4) is 5.88 Å². The van der Waals surface area contributed by atoms with E-state index in [1.165, 1.54) is 24.7 Å². The van der Waals surface area contributed by atoms with E-state index < -0.39 is 11.7 Å². The number of ether oxygens (including phenoxy) is 1. The lowest BCUT2D eigenvalue weighted by Gasteiger charge is -2.12. The van der Waals surface area contributed by atoms with Gasteiger partial charge in [0, 0.05) is 18.7 Å². The van der Waals surface area contributed by atoms with Crippen LogP contribution in [0.2, 0.25) is 0 Å². The summed E-state index contributed by atoms with van der Waals surface area (Å²) in [6, 6.07) is 7.02. The molecule has 100 valence electrons. The molecule has 0 aliphatic heterocycles.